The summed E-state index contributed by atoms with van der Waals surface area (Å²) in [7, 11) is -3.94. The van der Waals surface area contributed by atoms with Gasteiger partial charge in [0, 0.05) is 6.07 Å². The number of aryl methyl sites for hydroxylation is 1. The van der Waals surface area contributed by atoms with E-state index in [2.05, 4.69) is 24.3 Å². The molecule has 1 N–H and O–H groups in total. The quantitative estimate of drug-likeness (QED) is 0.633. The predicted octanol–water partition coefficient (Wildman–Crippen LogP) is 3.94. The molecule has 0 unspecified atom stereocenters. The first kappa shape index (κ1) is 20.6. The molecule has 1 aromatic heterocycles. The van der Waals surface area contributed by atoms with Gasteiger partial charge in [-0.3, -0.25) is 9.10 Å². The van der Waals surface area contributed by atoms with Crippen LogP contribution in [-0.2, 0) is 14.8 Å². The molecule has 0 radical (unpaired) electrons. The van der Waals surface area contributed by atoms with Crippen molar-refractivity contribution in [3.8, 4) is 0 Å². The number of amides is 1. The molecule has 0 saturated heterocycles. The van der Waals surface area contributed by atoms with Crippen LogP contribution >= 0.6 is 0 Å². The van der Waals surface area contributed by atoms with Crippen LogP contribution < -0.4 is 9.62 Å². The molecule has 3 aromatic rings. The maximum Gasteiger partial charge on any atom is 0.264 e. The zero-order valence-corrected chi connectivity index (χ0v) is 17.3. The standard InChI is InChI=1S/C21H23N3O4S/c1-15(2)17-9-11-18(12-10-17)24(29(26,27)19-7-5-4-6-8-19)14-21(25)22-20-13-16(3)28-23-20/h4-13,15H,14H2,1-3H3,(H,22,23,25). The van der Waals surface area contributed by atoms with Gasteiger partial charge >= 0.3 is 0 Å². The first-order chi connectivity index (χ1) is 13.8. The lowest BCUT2D eigenvalue weighted by atomic mass is 10.0. The second kappa shape index (κ2) is 8.48. The van der Waals surface area contributed by atoms with Crippen molar-refractivity contribution in [2.75, 3.05) is 16.2 Å². The Hall–Kier alpha value is -3.13. The fourth-order valence-electron chi connectivity index (χ4n) is 2.80. The normalized spacial score (nSPS) is 11.4. The smallest absolute Gasteiger partial charge is 0.264 e. The first-order valence-corrected chi connectivity index (χ1v) is 10.6. The van der Waals surface area contributed by atoms with Gasteiger partial charge in [0.15, 0.2) is 5.82 Å². The van der Waals surface area contributed by atoms with Crippen LogP contribution in [0, 0.1) is 6.92 Å². The number of carbonyl (C=O) groups is 1. The lowest BCUT2D eigenvalue weighted by molar-refractivity contribution is -0.114. The van der Waals surface area contributed by atoms with Gasteiger partial charge in [-0.05, 0) is 42.7 Å². The molecule has 1 heterocycles. The fourth-order valence-corrected chi connectivity index (χ4v) is 4.24. The molecule has 29 heavy (non-hydrogen) atoms. The molecule has 0 aliphatic heterocycles. The molecule has 0 atom stereocenters. The van der Waals surface area contributed by atoms with E-state index in [4.69, 9.17) is 4.52 Å². The van der Waals surface area contributed by atoms with Gasteiger partial charge in [0.05, 0.1) is 10.6 Å². The summed E-state index contributed by atoms with van der Waals surface area (Å²) >= 11 is 0. The number of hydrogen-bond acceptors (Lipinski definition) is 5. The van der Waals surface area contributed by atoms with Crippen molar-refractivity contribution in [1.29, 1.82) is 0 Å². The summed E-state index contributed by atoms with van der Waals surface area (Å²) in [5.74, 6) is 0.561. The van der Waals surface area contributed by atoms with Crippen LogP contribution in [0.5, 0.6) is 0 Å². The zero-order chi connectivity index (χ0) is 21.0. The summed E-state index contributed by atoms with van der Waals surface area (Å²) in [6.45, 7) is 5.41. The monoisotopic (exact) mass is 413 g/mol. The van der Waals surface area contributed by atoms with Gasteiger partial charge in [-0.25, -0.2) is 8.42 Å². The van der Waals surface area contributed by atoms with Crippen LogP contribution in [0.4, 0.5) is 11.5 Å². The summed E-state index contributed by atoms with van der Waals surface area (Å²) in [6.07, 6.45) is 0. The van der Waals surface area contributed by atoms with Crippen molar-refractivity contribution < 1.29 is 17.7 Å². The Kier molecular flexibility index (Phi) is 6.03. The van der Waals surface area contributed by atoms with Gasteiger partial charge in [-0.15, -0.1) is 0 Å². The second-order valence-corrected chi connectivity index (χ2v) is 8.80. The maximum absolute atomic E-state index is 13.3. The molecule has 152 valence electrons. The largest absolute Gasteiger partial charge is 0.360 e. The van der Waals surface area contributed by atoms with Crippen molar-refractivity contribution in [1.82, 2.24) is 5.16 Å². The number of nitrogens with zero attached hydrogens (tertiary/aromatic N) is 2. The van der Waals surface area contributed by atoms with E-state index in [0.29, 0.717) is 17.4 Å². The highest BCUT2D eigenvalue weighted by Crippen LogP contribution is 2.26. The van der Waals surface area contributed by atoms with Crippen molar-refractivity contribution >= 4 is 27.4 Å². The predicted molar refractivity (Wildman–Crippen MR) is 111 cm³/mol. The highest BCUT2D eigenvalue weighted by molar-refractivity contribution is 7.92. The number of anilines is 2. The number of rotatable bonds is 7. The highest BCUT2D eigenvalue weighted by atomic mass is 32.2. The minimum Gasteiger partial charge on any atom is -0.360 e. The van der Waals surface area contributed by atoms with E-state index in [1.165, 1.54) is 12.1 Å². The number of nitrogens with one attached hydrogen (secondary N) is 1. The molecule has 0 spiro atoms. The van der Waals surface area contributed by atoms with Crippen molar-refractivity contribution in [2.24, 2.45) is 0 Å². The third-order valence-corrected chi connectivity index (χ3v) is 6.15. The van der Waals surface area contributed by atoms with Gasteiger partial charge in [0.2, 0.25) is 5.91 Å². The topological polar surface area (TPSA) is 92.5 Å². The minimum atomic E-state index is -3.94. The number of carbonyl (C=O) groups excluding carboxylic acids is 1. The fraction of sp³-hybridized carbons (Fsp3) is 0.238. The molecule has 1 amide bonds. The van der Waals surface area contributed by atoms with Crippen LogP contribution in [0.25, 0.3) is 0 Å². The van der Waals surface area contributed by atoms with Crippen LogP contribution in [0.3, 0.4) is 0 Å². The van der Waals surface area contributed by atoms with E-state index in [0.717, 1.165) is 9.87 Å². The van der Waals surface area contributed by atoms with E-state index >= 15 is 0 Å². The van der Waals surface area contributed by atoms with Crippen molar-refractivity contribution in [2.45, 2.75) is 31.6 Å². The molecule has 2 aromatic carbocycles. The van der Waals surface area contributed by atoms with E-state index < -0.39 is 22.5 Å². The Labute approximate surface area is 170 Å². The molecule has 0 saturated carbocycles. The Bertz CT molecular complexity index is 1070. The molecular formula is C21H23N3O4S. The number of aromatic nitrogens is 1. The van der Waals surface area contributed by atoms with Gasteiger partial charge < -0.3 is 9.84 Å². The summed E-state index contributed by atoms with van der Waals surface area (Å²) < 4.78 is 32.5. The summed E-state index contributed by atoms with van der Waals surface area (Å²) in [5, 5.41) is 6.28. The van der Waals surface area contributed by atoms with Gasteiger partial charge in [-0.1, -0.05) is 49.3 Å². The molecule has 0 fully saturated rings. The molecule has 0 bridgehead atoms. The summed E-state index contributed by atoms with van der Waals surface area (Å²) in [5.41, 5.74) is 1.48. The Balaban J connectivity index is 1.93. The lowest BCUT2D eigenvalue weighted by Gasteiger charge is -2.24. The van der Waals surface area contributed by atoms with Crippen LogP contribution in [0.2, 0.25) is 0 Å². The van der Waals surface area contributed by atoms with E-state index in [1.54, 1.807) is 43.3 Å². The Morgan fingerprint density at radius 2 is 1.76 bits per heavy atom. The van der Waals surface area contributed by atoms with Crippen molar-refractivity contribution in [3.63, 3.8) is 0 Å². The zero-order valence-electron chi connectivity index (χ0n) is 16.5. The molecule has 0 aliphatic carbocycles. The van der Waals surface area contributed by atoms with Crippen LogP contribution in [-0.4, -0.2) is 26.0 Å². The average Bonchev–Trinajstić information content (AvgIpc) is 3.11. The van der Waals surface area contributed by atoms with Gasteiger partial charge in [0.1, 0.15) is 12.3 Å². The second-order valence-electron chi connectivity index (χ2n) is 6.94. The van der Waals surface area contributed by atoms with Crippen molar-refractivity contribution in [3.05, 3.63) is 72.0 Å². The van der Waals surface area contributed by atoms with E-state index in [9.17, 15) is 13.2 Å². The molecule has 7 nitrogen and oxygen atoms in total. The first-order valence-electron chi connectivity index (χ1n) is 9.18. The third kappa shape index (κ3) is 4.83. The SMILES string of the molecule is Cc1cc(NC(=O)CN(c2ccc(C(C)C)cc2)S(=O)(=O)c2ccccc2)no1. The Morgan fingerprint density at radius 1 is 1.10 bits per heavy atom. The third-order valence-electron chi connectivity index (χ3n) is 4.36. The summed E-state index contributed by atoms with van der Waals surface area (Å²) in [4.78, 5) is 12.7. The molecule has 3 rings (SSSR count). The van der Waals surface area contributed by atoms with Crippen LogP contribution in [0.1, 0.15) is 31.1 Å². The Morgan fingerprint density at radius 3 is 2.31 bits per heavy atom. The molecule has 0 aliphatic rings. The molecular weight excluding hydrogens is 390 g/mol. The number of hydrogen-bond donors (Lipinski definition) is 1. The number of sulfonamides is 1. The highest BCUT2D eigenvalue weighted by Gasteiger charge is 2.27. The lowest BCUT2D eigenvalue weighted by Crippen LogP contribution is -2.38. The molecule has 8 heteroatoms. The summed E-state index contributed by atoms with van der Waals surface area (Å²) in [6, 6.07) is 16.8. The van der Waals surface area contributed by atoms with E-state index in [1.807, 2.05) is 12.1 Å². The van der Waals surface area contributed by atoms with E-state index in [-0.39, 0.29) is 10.7 Å². The average molecular weight is 413 g/mol. The van der Waals surface area contributed by atoms with Crippen LogP contribution in [0.15, 0.2) is 70.1 Å². The van der Waals surface area contributed by atoms with Gasteiger partial charge in [-0.2, -0.15) is 0 Å². The number of benzene rings is 2. The van der Waals surface area contributed by atoms with Gasteiger partial charge in [0.25, 0.3) is 10.0 Å². The minimum absolute atomic E-state index is 0.109. The maximum atomic E-state index is 13.3.